The molecule has 1 aliphatic rings. The Labute approximate surface area is 115 Å². The zero-order chi connectivity index (χ0) is 13.9. The van der Waals surface area contributed by atoms with E-state index in [1.165, 1.54) is 12.8 Å². The van der Waals surface area contributed by atoms with E-state index in [0.717, 1.165) is 24.1 Å². The van der Waals surface area contributed by atoms with Gasteiger partial charge in [-0.25, -0.2) is 0 Å². The van der Waals surface area contributed by atoms with Crippen LogP contribution in [-0.2, 0) is 0 Å². The summed E-state index contributed by atoms with van der Waals surface area (Å²) in [6.07, 6.45) is 4.59. The number of para-hydroxylation sites is 1. The number of nitrogens with one attached hydrogen (secondary N) is 2. The van der Waals surface area contributed by atoms with Gasteiger partial charge in [-0.3, -0.25) is 4.79 Å². The molecule has 0 radical (unpaired) electrons. The lowest BCUT2D eigenvalue weighted by Gasteiger charge is -2.43. The van der Waals surface area contributed by atoms with Crippen LogP contribution in [-0.4, -0.2) is 11.6 Å². The molecular weight excluding hydrogens is 236 g/mol. The molecule has 3 nitrogen and oxygen atoms in total. The highest BCUT2D eigenvalue weighted by Crippen LogP contribution is 2.32. The monoisotopic (exact) mass is 260 g/mol. The summed E-state index contributed by atoms with van der Waals surface area (Å²) < 4.78 is 0. The molecule has 0 fully saturated rings. The molecule has 1 aliphatic heterocycles. The average molecular weight is 260 g/mol. The van der Waals surface area contributed by atoms with Crippen molar-refractivity contribution in [2.45, 2.75) is 52.1 Å². The number of fused-ring (bicyclic) bond motifs is 1. The second-order valence-electron chi connectivity index (χ2n) is 5.57. The van der Waals surface area contributed by atoms with Gasteiger partial charge < -0.3 is 10.6 Å². The van der Waals surface area contributed by atoms with Gasteiger partial charge >= 0.3 is 0 Å². The standard InChI is InChI=1S/C16H24N2O/c1-4-6-9-12(5-2)16(3)17-14-11-8-7-10-13(14)15(19)18-16/h7-8,10-12,17H,4-6,9H2,1-3H3,(H,18,19)/t12-,16+/m1/s1. The first-order chi connectivity index (χ1) is 9.10. The lowest BCUT2D eigenvalue weighted by molar-refractivity contribution is 0.0866. The molecule has 0 saturated heterocycles. The van der Waals surface area contributed by atoms with Crippen LogP contribution in [0.15, 0.2) is 24.3 Å². The fourth-order valence-corrected chi connectivity index (χ4v) is 2.96. The Morgan fingerprint density at radius 2 is 1.95 bits per heavy atom. The summed E-state index contributed by atoms with van der Waals surface area (Å²) in [5.41, 5.74) is 1.35. The minimum absolute atomic E-state index is 0.0341. The number of benzene rings is 1. The summed E-state index contributed by atoms with van der Waals surface area (Å²) in [7, 11) is 0. The molecule has 1 aromatic rings. The van der Waals surface area contributed by atoms with Gasteiger partial charge in [0.2, 0.25) is 0 Å². The molecule has 0 unspecified atom stereocenters. The first-order valence-corrected chi connectivity index (χ1v) is 7.30. The Kier molecular flexibility index (Phi) is 4.13. The van der Waals surface area contributed by atoms with Crippen molar-refractivity contribution < 1.29 is 4.79 Å². The van der Waals surface area contributed by atoms with E-state index < -0.39 is 0 Å². The number of anilines is 1. The molecule has 2 rings (SSSR count). The van der Waals surface area contributed by atoms with Gasteiger partial charge in [0.25, 0.3) is 5.91 Å². The SMILES string of the molecule is CCCC[C@@H](CC)[C@]1(C)NC(=O)c2ccccc2N1. The highest BCUT2D eigenvalue weighted by atomic mass is 16.2. The minimum Gasteiger partial charge on any atom is -0.362 e. The first kappa shape index (κ1) is 13.9. The van der Waals surface area contributed by atoms with E-state index >= 15 is 0 Å². The lowest BCUT2D eigenvalue weighted by Crippen LogP contribution is -2.59. The van der Waals surface area contributed by atoms with Crippen LogP contribution >= 0.6 is 0 Å². The van der Waals surface area contributed by atoms with Gasteiger partial charge in [0.05, 0.1) is 5.56 Å². The van der Waals surface area contributed by atoms with Crippen molar-refractivity contribution in [1.29, 1.82) is 0 Å². The molecule has 1 amide bonds. The maximum Gasteiger partial charge on any atom is 0.255 e. The number of hydrogen-bond acceptors (Lipinski definition) is 2. The molecule has 3 heteroatoms. The van der Waals surface area contributed by atoms with Gasteiger partial charge in [-0.1, -0.05) is 38.8 Å². The van der Waals surface area contributed by atoms with E-state index in [1.807, 2.05) is 24.3 Å². The average Bonchev–Trinajstić information content (AvgIpc) is 2.39. The molecule has 2 atom stereocenters. The number of amides is 1. The fourth-order valence-electron chi connectivity index (χ4n) is 2.96. The summed E-state index contributed by atoms with van der Waals surface area (Å²) in [6, 6.07) is 7.72. The third-order valence-electron chi connectivity index (χ3n) is 4.15. The maximum absolute atomic E-state index is 12.2. The van der Waals surface area contributed by atoms with Crippen molar-refractivity contribution in [3.63, 3.8) is 0 Å². The van der Waals surface area contributed by atoms with E-state index in [1.54, 1.807) is 0 Å². The van der Waals surface area contributed by atoms with E-state index in [9.17, 15) is 4.79 Å². The molecule has 1 aromatic carbocycles. The summed E-state index contributed by atoms with van der Waals surface area (Å²) >= 11 is 0. The number of carbonyl (C=O) groups excluding carboxylic acids is 1. The Morgan fingerprint density at radius 1 is 1.21 bits per heavy atom. The maximum atomic E-state index is 12.2. The quantitative estimate of drug-likeness (QED) is 0.846. The van der Waals surface area contributed by atoms with Crippen LogP contribution in [0.3, 0.4) is 0 Å². The van der Waals surface area contributed by atoms with Crippen molar-refractivity contribution in [1.82, 2.24) is 5.32 Å². The Morgan fingerprint density at radius 3 is 2.63 bits per heavy atom. The van der Waals surface area contributed by atoms with Gasteiger partial charge in [-0.2, -0.15) is 0 Å². The predicted molar refractivity (Wildman–Crippen MR) is 79.2 cm³/mol. The van der Waals surface area contributed by atoms with E-state index in [0.29, 0.717) is 5.92 Å². The predicted octanol–water partition coefficient (Wildman–Crippen LogP) is 3.77. The molecular formula is C16H24N2O. The molecule has 104 valence electrons. The molecule has 1 heterocycles. The highest BCUT2D eigenvalue weighted by molar-refractivity contribution is 6.02. The zero-order valence-electron chi connectivity index (χ0n) is 12.1. The number of carbonyl (C=O) groups is 1. The van der Waals surface area contributed by atoms with Crippen LogP contribution in [0.4, 0.5) is 5.69 Å². The largest absolute Gasteiger partial charge is 0.362 e. The normalized spacial score (nSPS) is 23.2. The molecule has 0 saturated carbocycles. The van der Waals surface area contributed by atoms with Gasteiger partial charge in [0.15, 0.2) is 0 Å². The molecule has 0 aliphatic carbocycles. The van der Waals surface area contributed by atoms with Crippen molar-refractivity contribution in [2.75, 3.05) is 5.32 Å². The van der Waals surface area contributed by atoms with Crippen molar-refractivity contribution in [3.05, 3.63) is 29.8 Å². The smallest absolute Gasteiger partial charge is 0.255 e. The fraction of sp³-hybridized carbons (Fsp3) is 0.562. The van der Waals surface area contributed by atoms with Gasteiger partial charge in [-0.15, -0.1) is 0 Å². The van der Waals surface area contributed by atoms with Crippen LogP contribution in [0, 0.1) is 5.92 Å². The molecule has 0 aromatic heterocycles. The third-order valence-corrected chi connectivity index (χ3v) is 4.15. The van der Waals surface area contributed by atoms with Gasteiger partial charge in [-0.05, 0) is 37.8 Å². The Balaban J connectivity index is 2.24. The number of unbranched alkanes of at least 4 members (excludes halogenated alkanes) is 1. The minimum atomic E-state index is -0.338. The summed E-state index contributed by atoms with van der Waals surface area (Å²) in [5, 5.41) is 6.69. The lowest BCUT2D eigenvalue weighted by atomic mass is 9.84. The van der Waals surface area contributed by atoms with Crippen LogP contribution in [0.1, 0.15) is 56.8 Å². The second kappa shape index (κ2) is 5.64. The molecule has 19 heavy (non-hydrogen) atoms. The van der Waals surface area contributed by atoms with Crippen molar-refractivity contribution in [3.8, 4) is 0 Å². The van der Waals surface area contributed by atoms with Crippen LogP contribution in [0.25, 0.3) is 0 Å². The Bertz CT molecular complexity index is 458. The second-order valence-corrected chi connectivity index (χ2v) is 5.57. The van der Waals surface area contributed by atoms with E-state index in [2.05, 4.69) is 31.4 Å². The summed E-state index contributed by atoms with van der Waals surface area (Å²) in [6.45, 7) is 6.50. The van der Waals surface area contributed by atoms with Crippen LogP contribution in [0.2, 0.25) is 0 Å². The topological polar surface area (TPSA) is 41.1 Å². The number of hydrogen-bond donors (Lipinski definition) is 2. The summed E-state index contributed by atoms with van der Waals surface area (Å²) in [5.74, 6) is 0.483. The van der Waals surface area contributed by atoms with Crippen molar-refractivity contribution in [2.24, 2.45) is 5.92 Å². The first-order valence-electron chi connectivity index (χ1n) is 7.30. The van der Waals surface area contributed by atoms with Crippen LogP contribution < -0.4 is 10.6 Å². The van der Waals surface area contributed by atoms with E-state index in [-0.39, 0.29) is 11.6 Å². The molecule has 0 spiro atoms. The molecule has 0 bridgehead atoms. The van der Waals surface area contributed by atoms with Gasteiger partial charge in [0.1, 0.15) is 5.66 Å². The number of rotatable bonds is 5. The van der Waals surface area contributed by atoms with E-state index in [4.69, 9.17) is 0 Å². The Hall–Kier alpha value is -1.51. The van der Waals surface area contributed by atoms with Crippen molar-refractivity contribution >= 4 is 11.6 Å². The summed E-state index contributed by atoms with van der Waals surface area (Å²) in [4.78, 5) is 12.2. The third kappa shape index (κ3) is 2.75. The zero-order valence-corrected chi connectivity index (χ0v) is 12.1. The molecule has 2 N–H and O–H groups in total. The van der Waals surface area contributed by atoms with Gasteiger partial charge in [0, 0.05) is 5.69 Å². The van der Waals surface area contributed by atoms with Crippen LogP contribution in [0.5, 0.6) is 0 Å². The highest BCUT2D eigenvalue weighted by Gasteiger charge is 2.38.